The lowest BCUT2D eigenvalue weighted by Crippen LogP contribution is -2.42. The minimum atomic E-state index is -0.204. The number of nitrogens with zero attached hydrogens (tertiary/aromatic N) is 1. The average molecular weight is 365 g/mol. The van der Waals surface area contributed by atoms with E-state index in [-0.39, 0.29) is 18.0 Å². The second-order valence-corrected chi connectivity index (χ2v) is 6.94. The molecule has 2 N–H and O–H groups in total. The molecule has 2 atom stereocenters. The predicted octanol–water partition coefficient (Wildman–Crippen LogP) is 4.57. The first-order valence-electron chi connectivity index (χ1n) is 9.36. The Kier molecular flexibility index (Phi) is 4.02. The van der Waals surface area contributed by atoms with Gasteiger partial charge in [0, 0.05) is 22.7 Å². The second-order valence-electron chi connectivity index (χ2n) is 6.94. The van der Waals surface area contributed by atoms with E-state index < -0.39 is 0 Å². The highest BCUT2D eigenvalue weighted by atomic mass is 16.2. The van der Waals surface area contributed by atoms with Crippen LogP contribution < -0.4 is 5.32 Å². The molecule has 0 spiro atoms. The largest absolute Gasteiger partial charge is 0.360 e. The van der Waals surface area contributed by atoms with Crippen LogP contribution in [0.2, 0.25) is 0 Å². The second kappa shape index (κ2) is 6.82. The van der Waals surface area contributed by atoms with Crippen molar-refractivity contribution in [2.45, 2.75) is 12.1 Å². The molecule has 0 aliphatic carbocycles. The van der Waals surface area contributed by atoms with Gasteiger partial charge in [0.25, 0.3) is 5.91 Å². The molecule has 4 nitrogen and oxygen atoms in total. The third kappa shape index (κ3) is 2.79. The van der Waals surface area contributed by atoms with Gasteiger partial charge in [0.05, 0.1) is 6.04 Å². The minimum absolute atomic E-state index is 0.147. The summed E-state index contributed by atoms with van der Waals surface area (Å²) in [7, 11) is 0. The Hall–Kier alpha value is -3.66. The van der Waals surface area contributed by atoms with E-state index in [1.165, 1.54) is 0 Å². The normalized spacial score (nSPS) is 19.3. The first-order chi connectivity index (χ1) is 13.8. The van der Waals surface area contributed by atoms with Crippen LogP contribution in [0.4, 0.5) is 0 Å². The van der Waals surface area contributed by atoms with Crippen LogP contribution >= 0.6 is 0 Å². The highest BCUT2D eigenvalue weighted by molar-refractivity contribution is 6.47. The zero-order chi connectivity index (χ0) is 18.9. The Bertz CT molecular complexity index is 1160. The number of benzene rings is 3. The van der Waals surface area contributed by atoms with E-state index in [4.69, 9.17) is 4.99 Å². The molecule has 0 radical (unpaired) electrons. The molecule has 28 heavy (non-hydrogen) atoms. The van der Waals surface area contributed by atoms with E-state index in [2.05, 4.69) is 22.4 Å². The zero-order valence-electron chi connectivity index (χ0n) is 15.2. The maximum absolute atomic E-state index is 13.0. The van der Waals surface area contributed by atoms with Crippen LogP contribution in [0.3, 0.4) is 0 Å². The number of H-pyrrole nitrogens is 1. The summed E-state index contributed by atoms with van der Waals surface area (Å²) in [5.74, 6) is -0.147. The topological polar surface area (TPSA) is 57.2 Å². The number of aliphatic imine (C=N–C) groups is 1. The third-order valence-electron chi connectivity index (χ3n) is 5.23. The molecular formula is C24H19N3O. The van der Waals surface area contributed by atoms with Crippen molar-refractivity contribution in [3.05, 3.63) is 108 Å². The van der Waals surface area contributed by atoms with Gasteiger partial charge in [-0.3, -0.25) is 9.79 Å². The van der Waals surface area contributed by atoms with E-state index in [0.717, 1.165) is 27.6 Å². The van der Waals surface area contributed by atoms with Crippen molar-refractivity contribution >= 4 is 22.5 Å². The molecule has 4 heteroatoms. The highest BCUT2D eigenvalue weighted by Gasteiger charge is 2.34. The summed E-state index contributed by atoms with van der Waals surface area (Å²) >= 11 is 0. The molecule has 5 rings (SSSR count). The van der Waals surface area contributed by atoms with Crippen LogP contribution in [0.5, 0.6) is 0 Å². The van der Waals surface area contributed by atoms with Crippen LogP contribution in [0.15, 0.2) is 96.1 Å². The van der Waals surface area contributed by atoms with Crippen LogP contribution in [0.25, 0.3) is 10.9 Å². The fraction of sp³-hybridized carbons (Fsp3) is 0.0833. The van der Waals surface area contributed by atoms with E-state index in [9.17, 15) is 4.79 Å². The molecule has 1 aliphatic rings. The number of rotatable bonds is 3. The number of para-hydroxylation sites is 1. The Morgan fingerprint density at radius 2 is 1.39 bits per heavy atom. The van der Waals surface area contributed by atoms with Gasteiger partial charge in [-0.25, -0.2) is 0 Å². The predicted molar refractivity (Wildman–Crippen MR) is 111 cm³/mol. The fourth-order valence-electron chi connectivity index (χ4n) is 3.86. The Morgan fingerprint density at radius 1 is 0.750 bits per heavy atom. The smallest absolute Gasteiger partial charge is 0.270 e. The van der Waals surface area contributed by atoms with Crippen molar-refractivity contribution in [2.75, 3.05) is 0 Å². The highest BCUT2D eigenvalue weighted by Crippen LogP contribution is 2.36. The van der Waals surface area contributed by atoms with E-state index >= 15 is 0 Å². The van der Waals surface area contributed by atoms with Crippen molar-refractivity contribution in [1.82, 2.24) is 10.3 Å². The molecule has 0 saturated carbocycles. The molecule has 1 aliphatic heterocycles. The Balaban J connectivity index is 1.66. The molecule has 0 saturated heterocycles. The number of aromatic nitrogens is 1. The maximum atomic E-state index is 13.0. The Morgan fingerprint density at radius 3 is 2.14 bits per heavy atom. The van der Waals surface area contributed by atoms with Crippen LogP contribution in [0.1, 0.15) is 28.8 Å². The van der Waals surface area contributed by atoms with Gasteiger partial charge in [-0.15, -0.1) is 0 Å². The van der Waals surface area contributed by atoms with Crippen LogP contribution in [-0.4, -0.2) is 16.6 Å². The number of amides is 1. The number of fused-ring (bicyclic) bond motifs is 1. The number of hydrogen-bond donors (Lipinski definition) is 2. The summed E-state index contributed by atoms with van der Waals surface area (Å²) < 4.78 is 0. The number of carbonyl (C=O) groups is 1. The van der Waals surface area contributed by atoms with E-state index in [1.54, 1.807) is 0 Å². The standard InChI is InChI=1S/C24H19N3O/c28-24-23(19-15-25-20-14-8-7-13-18(19)20)26-21(16-9-3-1-4-10-16)22(27-24)17-11-5-2-6-12-17/h1-15,21-22,25H,(H,27,28)/t21-,22-/m0/s1. The molecule has 136 valence electrons. The van der Waals surface area contributed by atoms with Crippen molar-refractivity contribution in [1.29, 1.82) is 0 Å². The molecule has 1 amide bonds. The molecule has 0 fully saturated rings. The summed E-state index contributed by atoms with van der Waals surface area (Å²) in [6.07, 6.45) is 1.87. The van der Waals surface area contributed by atoms with E-state index in [0.29, 0.717) is 5.71 Å². The first-order valence-corrected chi connectivity index (χ1v) is 9.36. The molecule has 1 aromatic heterocycles. The lowest BCUT2D eigenvalue weighted by Gasteiger charge is -2.31. The molecular weight excluding hydrogens is 346 g/mol. The number of carbonyl (C=O) groups excluding carboxylic acids is 1. The lowest BCUT2D eigenvalue weighted by atomic mass is 9.91. The van der Waals surface area contributed by atoms with Crippen molar-refractivity contribution in [2.24, 2.45) is 4.99 Å². The summed E-state index contributed by atoms with van der Waals surface area (Å²) in [6.45, 7) is 0. The first kappa shape index (κ1) is 16.5. The Labute approximate surface area is 162 Å². The average Bonchev–Trinajstić information content (AvgIpc) is 3.19. The van der Waals surface area contributed by atoms with Gasteiger partial charge in [0.1, 0.15) is 11.8 Å². The van der Waals surface area contributed by atoms with Crippen LogP contribution in [0, 0.1) is 0 Å². The number of hydrogen-bond acceptors (Lipinski definition) is 2. The van der Waals surface area contributed by atoms with Crippen LogP contribution in [-0.2, 0) is 4.79 Å². The van der Waals surface area contributed by atoms with Crippen molar-refractivity contribution in [3.63, 3.8) is 0 Å². The van der Waals surface area contributed by atoms with Gasteiger partial charge in [-0.05, 0) is 17.2 Å². The number of aromatic amines is 1. The van der Waals surface area contributed by atoms with Gasteiger partial charge >= 0.3 is 0 Å². The van der Waals surface area contributed by atoms with Gasteiger partial charge < -0.3 is 10.3 Å². The maximum Gasteiger partial charge on any atom is 0.270 e. The molecule has 4 aromatic rings. The summed E-state index contributed by atoms with van der Waals surface area (Å²) in [4.78, 5) is 21.3. The molecule has 0 bridgehead atoms. The van der Waals surface area contributed by atoms with E-state index in [1.807, 2.05) is 79.0 Å². The summed E-state index contributed by atoms with van der Waals surface area (Å²) in [5, 5.41) is 4.20. The quantitative estimate of drug-likeness (QED) is 0.549. The summed E-state index contributed by atoms with van der Waals surface area (Å²) in [5.41, 5.74) is 4.42. The van der Waals surface area contributed by atoms with Crippen molar-refractivity contribution in [3.8, 4) is 0 Å². The molecule has 3 aromatic carbocycles. The van der Waals surface area contributed by atoms with Gasteiger partial charge in [0.15, 0.2) is 0 Å². The minimum Gasteiger partial charge on any atom is -0.360 e. The molecule has 0 unspecified atom stereocenters. The SMILES string of the molecule is O=C1N[C@@H](c2ccccc2)[C@H](c2ccccc2)N=C1c1c[nH]c2ccccc12. The van der Waals surface area contributed by atoms with Crippen molar-refractivity contribution < 1.29 is 4.79 Å². The fourth-order valence-corrected chi connectivity index (χ4v) is 3.86. The lowest BCUT2D eigenvalue weighted by molar-refractivity contribution is -0.116. The monoisotopic (exact) mass is 365 g/mol. The summed E-state index contributed by atoms with van der Waals surface area (Å²) in [6, 6.07) is 27.7. The number of nitrogens with one attached hydrogen (secondary N) is 2. The zero-order valence-corrected chi connectivity index (χ0v) is 15.2. The molecule has 2 heterocycles. The van der Waals surface area contributed by atoms with Gasteiger partial charge in [0.2, 0.25) is 0 Å². The third-order valence-corrected chi connectivity index (χ3v) is 5.23. The van der Waals surface area contributed by atoms with Gasteiger partial charge in [-0.2, -0.15) is 0 Å². The van der Waals surface area contributed by atoms with Gasteiger partial charge in [-0.1, -0.05) is 78.9 Å².